The predicted octanol–water partition coefficient (Wildman–Crippen LogP) is 0.0247. The molecule has 9 nitrogen and oxygen atoms in total. The Morgan fingerprint density at radius 2 is 2.32 bits per heavy atom. The molecule has 0 unspecified atom stereocenters. The van der Waals surface area contributed by atoms with Gasteiger partial charge in [-0.05, 0) is 14.1 Å². The molecule has 3 N–H and O–H groups in total. The Bertz CT molecular complexity index is 489. The smallest absolute Gasteiger partial charge is 0.299 e. The molecule has 0 aliphatic rings. The number of ether oxygens (including phenoxy) is 1. The Hall–Kier alpha value is -2.42. The lowest BCUT2D eigenvalue weighted by atomic mass is 10.3. The highest BCUT2D eigenvalue weighted by molar-refractivity contribution is 5.98. The monoisotopic (exact) mass is 269 g/mol. The highest BCUT2D eigenvalue weighted by Crippen LogP contribution is 2.20. The van der Waals surface area contributed by atoms with Gasteiger partial charge in [-0.1, -0.05) is 5.16 Å². The Morgan fingerprint density at radius 3 is 2.84 bits per heavy atom. The van der Waals surface area contributed by atoms with Gasteiger partial charge in [0.05, 0.1) is 4.92 Å². The van der Waals surface area contributed by atoms with Crippen molar-refractivity contribution in [2.45, 2.75) is 0 Å². The molecule has 0 amide bonds. The summed E-state index contributed by atoms with van der Waals surface area (Å²) in [6.07, 6.45) is 0. The highest BCUT2D eigenvalue weighted by Gasteiger charge is 2.20. The molecule has 0 spiro atoms. The minimum Gasteiger partial charge on any atom is -0.476 e. The van der Waals surface area contributed by atoms with Crippen molar-refractivity contribution in [3.8, 4) is 5.88 Å². The first-order valence-electron chi connectivity index (χ1n) is 5.36. The van der Waals surface area contributed by atoms with Gasteiger partial charge in [0, 0.05) is 18.7 Å². The number of amidine groups is 1. The van der Waals surface area contributed by atoms with Crippen molar-refractivity contribution in [2.75, 3.05) is 27.2 Å². The molecule has 9 heteroatoms. The van der Waals surface area contributed by atoms with Crippen LogP contribution in [0.2, 0.25) is 0 Å². The summed E-state index contributed by atoms with van der Waals surface area (Å²) in [5.41, 5.74) is 4.77. The summed E-state index contributed by atoms with van der Waals surface area (Å²) in [5, 5.41) is 22.1. The summed E-state index contributed by atoms with van der Waals surface area (Å²) in [6.45, 7) is 1.03. The van der Waals surface area contributed by atoms with Crippen LogP contribution in [0, 0.1) is 10.1 Å². The second-order valence-electron chi connectivity index (χ2n) is 3.91. The van der Waals surface area contributed by atoms with Crippen molar-refractivity contribution < 1.29 is 14.9 Å². The molecule has 104 valence electrons. The molecule has 1 aromatic heterocycles. The van der Waals surface area contributed by atoms with Crippen LogP contribution >= 0.6 is 0 Å². The van der Waals surface area contributed by atoms with E-state index >= 15 is 0 Å². The standard InChI is InChI=1S/C10H15N5O4/c1-14(2)5-6-19-8-4-3-7(15(17)18)9(12-8)10(11)13-16/h3-4,16H,5-6H2,1-2H3,(H2,11,13). The van der Waals surface area contributed by atoms with E-state index in [2.05, 4.69) is 10.1 Å². The Balaban J connectivity index is 2.95. The molecule has 0 aromatic carbocycles. The summed E-state index contributed by atoms with van der Waals surface area (Å²) >= 11 is 0. The molecule has 0 saturated carbocycles. The van der Waals surface area contributed by atoms with Gasteiger partial charge in [0.15, 0.2) is 11.5 Å². The average Bonchev–Trinajstić information content (AvgIpc) is 2.37. The van der Waals surface area contributed by atoms with Crippen LogP contribution in [-0.4, -0.2) is 53.1 Å². The van der Waals surface area contributed by atoms with Gasteiger partial charge < -0.3 is 20.6 Å². The van der Waals surface area contributed by atoms with Gasteiger partial charge in [0.1, 0.15) is 6.61 Å². The van der Waals surface area contributed by atoms with Crippen LogP contribution in [0.4, 0.5) is 5.69 Å². The van der Waals surface area contributed by atoms with Crippen LogP contribution < -0.4 is 10.5 Å². The first kappa shape index (κ1) is 14.6. The number of hydrogen-bond acceptors (Lipinski definition) is 7. The summed E-state index contributed by atoms with van der Waals surface area (Å²) in [5.74, 6) is -0.265. The molecule has 0 aliphatic heterocycles. The number of aromatic nitrogens is 1. The zero-order chi connectivity index (χ0) is 14.4. The fraction of sp³-hybridized carbons (Fsp3) is 0.400. The fourth-order valence-electron chi connectivity index (χ4n) is 1.23. The third-order valence-corrected chi connectivity index (χ3v) is 2.18. The van der Waals surface area contributed by atoms with Gasteiger partial charge in [-0.25, -0.2) is 4.98 Å². The van der Waals surface area contributed by atoms with Crippen molar-refractivity contribution in [1.29, 1.82) is 0 Å². The first-order valence-corrected chi connectivity index (χ1v) is 5.36. The number of pyridine rings is 1. The van der Waals surface area contributed by atoms with Crippen LogP contribution in [0.5, 0.6) is 5.88 Å². The van der Waals surface area contributed by atoms with E-state index in [-0.39, 0.29) is 17.3 Å². The lowest BCUT2D eigenvalue weighted by molar-refractivity contribution is -0.385. The zero-order valence-corrected chi connectivity index (χ0v) is 10.6. The number of oxime groups is 1. The molecule has 0 atom stereocenters. The minimum atomic E-state index is -0.663. The Morgan fingerprint density at radius 1 is 1.63 bits per heavy atom. The number of likely N-dealkylation sites (N-methyl/N-ethyl adjacent to an activating group) is 1. The van der Waals surface area contributed by atoms with Gasteiger partial charge in [-0.3, -0.25) is 10.1 Å². The van der Waals surface area contributed by atoms with Crippen molar-refractivity contribution in [3.63, 3.8) is 0 Å². The molecule has 19 heavy (non-hydrogen) atoms. The summed E-state index contributed by atoms with van der Waals surface area (Å²) in [7, 11) is 3.77. The third kappa shape index (κ3) is 4.07. The summed E-state index contributed by atoms with van der Waals surface area (Å²) < 4.78 is 5.32. The van der Waals surface area contributed by atoms with E-state index in [0.29, 0.717) is 13.2 Å². The lowest BCUT2D eigenvalue weighted by Crippen LogP contribution is -2.21. The normalized spacial score (nSPS) is 11.6. The molecular formula is C10H15N5O4. The largest absolute Gasteiger partial charge is 0.476 e. The molecule has 1 heterocycles. The molecule has 1 aromatic rings. The number of rotatable bonds is 6. The number of nitrogens with zero attached hydrogens (tertiary/aromatic N) is 4. The molecule has 0 aliphatic carbocycles. The van der Waals surface area contributed by atoms with Crippen LogP contribution in [0.3, 0.4) is 0 Å². The molecule has 0 fully saturated rings. The minimum absolute atomic E-state index is 0.175. The number of hydrogen-bond donors (Lipinski definition) is 2. The predicted molar refractivity (Wildman–Crippen MR) is 67.5 cm³/mol. The van der Waals surface area contributed by atoms with Crippen LogP contribution in [-0.2, 0) is 0 Å². The van der Waals surface area contributed by atoms with Crippen LogP contribution in [0.1, 0.15) is 5.69 Å². The van der Waals surface area contributed by atoms with Crippen molar-refractivity contribution in [2.24, 2.45) is 10.9 Å². The maximum atomic E-state index is 10.8. The highest BCUT2D eigenvalue weighted by atomic mass is 16.6. The van der Waals surface area contributed by atoms with Crippen molar-refractivity contribution >= 4 is 11.5 Å². The first-order chi connectivity index (χ1) is 8.95. The summed E-state index contributed by atoms with van der Waals surface area (Å²) in [6, 6.07) is 2.56. The van der Waals surface area contributed by atoms with E-state index in [1.165, 1.54) is 12.1 Å². The quantitative estimate of drug-likeness (QED) is 0.245. The SMILES string of the molecule is CN(C)CCOc1ccc([N+](=O)[O-])c(/C(N)=N/O)n1. The van der Waals surface area contributed by atoms with E-state index < -0.39 is 10.8 Å². The van der Waals surface area contributed by atoms with E-state index in [1.807, 2.05) is 19.0 Å². The van der Waals surface area contributed by atoms with Gasteiger partial charge in [0.2, 0.25) is 5.88 Å². The maximum Gasteiger partial charge on any atom is 0.299 e. The third-order valence-electron chi connectivity index (χ3n) is 2.18. The Labute approximate surface area is 109 Å². The number of nitrogens with two attached hydrogens (primary N) is 1. The Kier molecular flexibility index (Phi) is 5.01. The number of nitro groups is 1. The molecular weight excluding hydrogens is 254 g/mol. The second kappa shape index (κ2) is 6.50. The van der Waals surface area contributed by atoms with Gasteiger partial charge in [-0.15, -0.1) is 0 Å². The molecule has 0 bridgehead atoms. The molecule has 0 saturated heterocycles. The average molecular weight is 269 g/mol. The van der Waals surface area contributed by atoms with E-state index in [1.54, 1.807) is 0 Å². The fourth-order valence-corrected chi connectivity index (χ4v) is 1.23. The topological polar surface area (TPSA) is 127 Å². The summed E-state index contributed by atoms with van der Waals surface area (Å²) in [4.78, 5) is 15.9. The van der Waals surface area contributed by atoms with Crippen LogP contribution in [0.15, 0.2) is 17.3 Å². The second-order valence-corrected chi connectivity index (χ2v) is 3.91. The van der Waals surface area contributed by atoms with Crippen molar-refractivity contribution in [3.05, 3.63) is 27.9 Å². The zero-order valence-electron chi connectivity index (χ0n) is 10.6. The molecule has 0 radical (unpaired) electrons. The van der Waals surface area contributed by atoms with E-state index in [4.69, 9.17) is 15.7 Å². The van der Waals surface area contributed by atoms with Gasteiger partial charge in [0.25, 0.3) is 5.69 Å². The lowest BCUT2D eigenvalue weighted by Gasteiger charge is -2.10. The van der Waals surface area contributed by atoms with Crippen molar-refractivity contribution in [1.82, 2.24) is 9.88 Å². The van der Waals surface area contributed by atoms with E-state index in [0.717, 1.165) is 0 Å². The molecule has 1 rings (SSSR count). The maximum absolute atomic E-state index is 10.8. The van der Waals surface area contributed by atoms with Gasteiger partial charge >= 0.3 is 0 Å². The van der Waals surface area contributed by atoms with E-state index in [9.17, 15) is 10.1 Å². The van der Waals surface area contributed by atoms with Crippen LogP contribution in [0.25, 0.3) is 0 Å². The van der Waals surface area contributed by atoms with Gasteiger partial charge in [-0.2, -0.15) is 0 Å².